The van der Waals surface area contributed by atoms with Gasteiger partial charge in [-0.25, -0.2) is 0 Å². The van der Waals surface area contributed by atoms with Crippen molar-refractivity contribution >= 4 is 17.5 Å². The van der Waals surface area contributed by atoms with Crippen molar-refractivity contribution in [3.63, 3.8) is 0 Å². The Bertz CT molecular complexity index is 463. The number of hydrogen-bond donors (Lipinski definition) is 2. The molecule has 0 spiro atoms. The molecule has 1 aromatic rings. The minimum Gasteiger partial charge on any atom is -0.369 e. The minimum atomic E-state index is -0.163. The first-order valence-corrected chi connectivity index (χ1v) is 7.07. The first-order chi connectivity index (χ1) is 8.99. The summed E-state index contributed by atoms with van der Waals surface area (Å²) in [6.45, 7) is 2.62. The third-order valence-electron chi connectivity index (χ3n) is 3.95. The Kier molecular flexibility index (Phi) is 4.47. The number of nitrogens with zero attached hydrogens (tertiary/aromatic N) is 2. The molecule has 1 aliphatic carbocycles. The van der Waals surface area contributed by atoms with Crippen molar-refractivity contribution in [1.29, 1.82) is 0 Å². The maximum atomic E-state index is 11.1. The lowest BCUT2D eigenvalue weighted by Gasteiger charge is -2.27. The van der Waals surface area contributed by atoms with Gasteiger partial charge in [0.1, 0.15) is 0 Å². The van der Waals surface area contributed by atoms with Gasteiger partial charge in [-0.05, 0) is 32.6 Å². The number of nitrogens with one attached hydrogen (secondary N) is 1. The molecule has 0 unspecified atom stereocenters. The molecule has 1 aliphatic rings. The van der Waals surface area contributed by atoms with E-state index < -0.39 is 0 Å². The van der Waals surface area contributed by atoms with Crippen molar-refractivity contribution in [2.75, 3.05) is 0 Å². The largest absolute Gasteiger partial charge is 0.369 e. The van der Waals surface area contributed by atoms with Crippen LogP contribution in [0.2, 0.25) is 5.02 Å². The lowest BCUT2D eigenvalue weighted by molar-refractivity contribution is -0.122. The van der Waals surface area contributed by atoms with Gasteiger partial charge in [-0.15, -0.1) is 0 Å². The van der Waals surface area contributed by atoms with Crippen molar-refractivity contribution < 1.29 is 4.79 Å². The first-order valence-electron chi connectivity index (χ1n) is 6.69. The molecule has 1 saturated carbocycles. The molecule has 19 heavy (non-hydrogen) atoms. The molecule has 1 aromatic heterocycles. The van der Waals surface area contributed by atoms with Crippen LogP contribution in [0.5, 0.6) is 0 Å². The Balaban J connectivity index is 1.85. The van der Waals surface area contributed by atoms with E-state index in [0.29, 0.717) is 12.6 Å². The zero-order valence-electron chi connectivity index (χ0n) is 11.4. The van der Waals surface area contributed by atoms with Gasteiger partial charge in [0.2, 0.25) is 5.91 Å². The highest BCUT2D eigenvalue weighted by Crippen LogP contribution is 2.25. The van der Waals surface area contributed by atoms with Crippen LogP contribution in [0.1, 0.15) is 37.1 Å². The van der Waals surface area contributed by atoms with Gasteiger partial charge in [-0.2, -0.15) is 5.10 Å². The second kappa shape index (κ2) is 5.92. The Morgan fingerprint density at radius 3 is 2.58 bits per heavy atom. The van der Waals surface area contributed by atoms with Gasteiger partial charge >= 0.3 is 0 Å². The molecule has 6 heteroatoms. The minimum absolute atomic E-state index is 0.0561. The fourth-order valence-electron chi connectivity index (χ4n) is 2.70. The van der Waals surface area contributed by atoms with Crippen LogP contribution in [0.15, 0.2) is 0 Å². The Labute approximate surface area is 118 Å². The molecule has 1 amide bonds. The third kappa shape index (κ3) is 3.28. The summed E-state index contributed by atoms with van der Waals surface area (Å²) >= 11 is 6.21. The molecule has 3 N–H and O–H groups in total. The van der Waals surface area contributed by atoms with E-state index in [1.54, 1.807) is 0 Å². The van der Waals surface area contributed by atoms with Crippen molar-refractivity contribution in [1.82, 2.24) is 15.1 Å². The number of aryl methyl sites for hydroxylation is 2. The number of primary amides is 1. The molecule has 0 atom stereocenters. The summed E-state index contributed by atoms with van der Waals surface area (Å²) in [6, 6.07) is 0.432. The monoisotopic (exact) mass is 284 g/mol. The highest BCUT2D eigenvalue weighted by atomic mass is 35.5. The van der Waals surface area contributed by atoms with E-state index in [2.05, 4.69) is 10.4 Å². The summed E-state index contributed by atoms with van der Waals surface area (Å²) in [4.78, 5) is 11.1. The molecule has 1 fully saturated rings. The summed E-state index contributed by atoms with van der Waals surface area (Å²) in [6.07, 6.45) is 3.74. The molecule has 0 aliphatic heterocycles. The van der Waals surface area contributed by atoms with Crippen LogP contribution < -0.4 is 11.1 Å². The predicted molar refractivity (Wildman–Crippen MR) is 74.7 cm³/mol. The van der Waals surface area contributed by atoms with Gasteiger partial charge in [0.05, 0.1) is 16.4 Å². The van der Waals surface area contributed by atoms with Crippen LogP contribution in [0, 0.1) is 12.8 Å². The van der Waals surface area contributed by atoms with E-state index >= 15 is 0 Å². The van der Waals surface area contributed by atoms with Gasteiger partial charge in [0.15, 0.2) is 0 Å². The van der Waals surface area contributed by atoms with Crippen LogP contribution >= 0.6 is 11.6 Å². The molecule has 5 nitrogen and oxygen atoms in total. The van der Waals surface area contributed by atoms with E-state index in [0.717, 1.165) is 42.1 Å². The topological polar surface area (TPSA) is 72.9 Å². The number of carbonyl (C=O) groups excluding carboxylic acids is 1. The highest BCUT2D eigenvalue weighted by molar-refractivity contribution is 6.31. The van der Waals surface area contributed by atoms with Crippen molar-refractivity contribution in [2.45, 2.75) is 45.2 Å². The van der Waals surface area contributed by atoms with Crippen LogP contribution in [-0.4, -0.2) is 21.7 Å². The first kappa shape index (κ1) is 14.3. The third-order valence-corrected chi connectivity index (χ3v) is 4.44. The van der Waals surface area contributed by atoms with E-state index in [1.807, 2.05) is 18.7 Å². The molecule has 0 aromatic carbocycles. The molecule has 1 heterocycles. The van der Waals surface area contributed by atoms with Crippen LogP contribution in [0.3, 0.4) is 0 Å². The number of aromatic nitrogens is 2. The molecule has 0 bridgehead atoms. The normalized spacial score (nSPS) is 23.5. The van der Waals surface area contributed by atoms with Gasteiger partial charge in [-0.1, -0.05) is 11.6 Å². The molecular weight excluding hydrogens is 264 g/mol. The number of nitrogens with two attached hydrogens (primary N) is 1. The fraction of sp³-hybridized carbons (Fsp3) is 0.692. The summed E-state index contributed by atoms with van der Waals surface area (Å²) in [5.41, 5.74) is 7.20. The molecule has 2 rings (SSSR count). The maximum Gasteiger partial charge on any atom is 0.220 e. The Hall–Kier alpha value is -1.07. The lowest BCUT2D eigenvalue weighted by atomic mass is 9.85. The van der Waals surface area contributed by atoms with Crippen LogP contribution in [0.25, 0.3) is 0 Å². The van der Waals surface area contributed by atoms with E-state index in [-0.39, 0.29) is 11.8 Å². The number of carbonyl (C=O) groups is 1. The summed E-state index contributed by atoms with van der Waals surface area (Å²) in [7, 11) is 1.90. The average Bonchev–Trinajstić information content (AvgIpc) is 2.62. The number of amides is 1. The Morgan fingerprint density at radius 1 is 1.47 bits per heavy atom. The van der Waals surface area contributed by atoms with Crippen molar-refractivity contribution in [3.05, 3.63) is 16.4 Å². The number of hydrogen-bond acceptors (Lipinski definition) is 3. The standard InChI is InChI=1S/C13H21ClN4O/c1-8-12(14)11(18(2)17-8)7-16-10-5-3-9(4-6-10)13(15)19/h9-10,16H,3-7H2,1-2H3,(H2,15,19). The molecule has 106 valence electrons. The van der Waals surface area contributed by atoms with Crippen molar-refractivity contribution in [2.24, 2.45) is 18.7 Å². The van der Waals surface area contributed by atoms with E-state index in [4.69, 9.17) is 17.3 Å². The fourth-order valence-corrected chi connectivity index (χ4v) is 2.92. The van der Waals surface area contributed by atoms with Gasteiger partial charge in [0, 0.05) is 25.6 Å². The number of rotatable bonds is 4. The highest BCUT2D eigenvalue weighted by Gasteiger charge is 2.24. The van der Waals surface area contributed by atoms with E-state index in [1.165, 1.54) is 0 Å². The molecular formula is C13H21ClN4O. The number of halogens is 1. The molecule has 0 saturated heterocycles. The van der Waals surface area contributed by atoms with Crippen molar-refractivity contribution in [3.8, 4) is 0 Å². The second-order valence-electron chi connectivity index (χ2n) is 5.30. The molecule has 0 radical (unpaired) electrons. The second-order valence-corrected chi connectivity index (χ2v) is 5.68. The summed E-state index contributed by atoms with van der Waals surface area (Å²) in [5, 5.41) is 8.52. The quantitative estimate of drug-likeness (QED) is 0.880. The average molecular weight is 285 g/mol. The maximum absolute atomic E-state index is 11.1. The zero-order chi connectivity index (χ0) is 14.0. The van der Waals surface area contributed by atoms with Gasteiger partial charge in [0.25, 0.3) is 0 Å². The zero-order valence-corrected chi connectivity index (χ0v) is 12.2. The van der Waals surface area contributed by atoms with E-state index in [9.17, 15) is 4.79 Å². The van der Waals surface area contributed by atoms with Crippen LogP contribution in [0.4, 0.5) is 0 Å². The SMILES string of the molecule is Cc1nn(C)c(CNC2CCC(C(N)=O)CC2)c1Cl. The summed E-state index contributed by atoms with van der Waals surface area (Å²) in [5.74, 6) is -0.107. The summed E-state index contributed by atoms with van der Waals surface area (Å²) < 4.78 is 1.82. The van der Waals surface area contributed by atoms with Gasteiger partial charge in [-0.3, -0.25) is 9.48 Å². The Morgan fingerprint density at radius 2 is 2.11 bits per heavy atom. The smallest absolute Gasteiger partial charge is 0.220 e. The lowest BCUT2D eigenvalue weighted by Crippen LogP contribution is -2.36. The van der Waals surface area contributed by atoms with Gasteiger partial charge < -0.3 is 11.1 Å². The predicted octanol–water partition coefficient (Wildman–Crippen LogP) is 1.52. The van der Waals surface area contributed by atoms with Crippen LogP contribution in [-0.2, 0) is 18.4 Å².